The lowest BCUT2D eigenvalue weighted by Gasteiger charge is -2.44. The molecule has 2 saturated heterocycles. The molecule has 3 rings (SSSR count). The van der Waals surface area contributed by atoms with Crippen molar-refractivity contribution in [3.63, 3.8) is 0 Å². The fourth-order valence-electron chi connectivity index (χ4n) is 3.69. The molecule has 1 amide bonds. The molecule has 20 heavy (non-hydrogen) atoms. The zero-order valence-electron chi connectivity index (χ0n) is 11.4. The van der Waals surface area contributed by atoms with Crippen LogP contribution in [0.4, 0.5) is 0 Å². The third kappa shape index (κ3) is 2.43. The quantitative estimate of drug-likeness (QED) is 0.857. The van der Waals surface area contributed by atoms with E-state index in [2.05, 4.69) is 17.0 Å². The van der Waals surface area contributed by atoms with Gasteiger partial charge in [-0.3, -0.25) is 9.69 Å². The summed E-state index contributed by atoms with van der Waals surface area (Å²) in [5.74, 6) is -0.212. The topological polar surface area (TPSA) is 77.8 Å². The van der Waals surface area contributed by atoms with Crippen LogP contribution in [0.15, 0.2) is 30.3 Å². The van der Waals surface area contributed by atoms with Crippen molar-refractivity contribution >= 4 is 17.5 Å². The molecule has 2 aliphatic rings. The van der Waals surface area contributed by atoms with Crippen LogP contribution in [0, 0.1) is 0 Å². The van der Waals surface area contributed by atoms with Crippen LogP contribution < -0.4 is 5.73 Å². The molecule has 2 bridgehead atoms. The molecule has 0 saturated carbocycles. The number of fused-ring (bicyclic) bond motifs is 2. The third-order valence-corrected chi connectivity index (χ3v) is 4.96. The van der Waals surface area contributed by atoms with Crippen molar-refractivity contribution in [2.24, 2.45) is 5.73 Å². The number of nitrogens with two attached hydrogens (primary N) is 1. The van der Waals surface area contributed by atoms with Crippen LogP contribution >= 0.6 is 11.6 Å². The molecule has 0 aliphatic carbocycles. The van der Waals surface area contributed by atoms with Gasteiger partial charge in [-0.15, -0.1) is 11.6 Å². The number of benzene rings is 1. The van der Waals surface area contributed by atoms with E-state index >= 15 is 0 Å². The molecule has 1 aromatic carbocycles. The van der Waals surface area contributed by atoms with Gasteiger partial charge in [-0.1, -0.05) is 30.3 Å². The van der Waals surface area contributed by atoms with Crippen LogP contribution in [0.2, 0.25) is 0 Å². The summed E-state index contributed by atoms with van der Waals surface area (Å²) in [7, 11) is 0. The Morgan fingerprint density at radius 1 is 1.40 bits per heavy atom. The number of halogens is 1. The number of hydrogen-bond acceptors (Lipinski definition) is 2. The lowest BCUT2D eigenvalue weighted by atomic mass is 9.86. The van der Waals surface area contributed by atoms with Crippen molar-refractivity contribution in [3.05, 3.63) is 35.9 Å². The van der Waals surface area contributed by atoms with E-state index in [4.69, 9.17) is 17.3 Å². The van der Waals surface area contributed by atoms with Crippen molar-refractivity contribution in [1.29, 1.82) is 0 Å². The van der Waals surface area contributed by atoms with Gasteiger partial charge in [-0.2, -0.15) is 0 Å². The molecule has 4 nitrogen and oxygen atoms in total. The van der Waals surface area contributed by atoms with Gasteiger partial charge in [0.15, 0.2) is 0 Å². The first-order chi connectivity index (χ1) is 9.12. The summed E-state index contributed by atoms with van der Waals surface area (Å²) < 4.78 is 0. The van der Waals surface area contributed by atoms with Crippen molar-refractivity contribution in [2.75, 3.05) is 0 Å². The maximum Gasteiger partial charge on any atom is 0.238 e. The Kier molecular flexibility index (Phi) is 4.37. The van der Waals surface area contributed by atoms with Gasteiger partial charge in [-0.05, 0) is 31.2 Å². The third-order valence-electron chi connectivity index (χ3n) is 4.62. The number of nitrogens with zero attached hydrogens (tertiary/aromatic N) is 1. The van der Waals surface area contributed by atoms with Crippen molar-refractivity contribution in [1.82, 2.24) is 4.90 Å². The molecule has 3 atom stereocenters. The Morgan fingerprint density at radius 3 is 2.75 bits per heavy atom. The number of carbonyl (C=O) groups is 1. The number of carbonyl (C=O) groups excluding carboxylic acids is 1. The Morgan fingerprint density at radius 2 is 2.10 bits per heavy atom. The summed E-state index contributed by atoms with van der Waals surface area (Å²) >= 11 is 6.31. The second-order valence-electron chi connectivity index (χ2n) is 5.74. The highest BCUT2D eigenvalue weighted by molar-refractivity contribution is 6.21. The van der Waals surface area contributed by atoms with Gasteiger partial charge < -0.3 is 11.2 Å². The number of rotatable bonds is 3. The SMILES string of the molecule is NC(=O)C12CCC(CC(Cl)C1)N2Cc1ccccc1.O. The zero-order valence-corrected chi connectivity index (χ0v) is 12.1. The van der Waals surface area contributed by atoms with E-state index in [1.54, 1.807) is 0 Å². The molecular formula is C15H21ClN2O2. The first kappa shape index (κ1) is 15.3. The first-order valence-corrected chi connectivity index (χ1v) is 7.30. The monoisotopic (exact) mass is 296 g/mol. The van der Waals surface area contributed by atoms with Gasteiger partial charge in [0.1, 0.15) is 5.54 Å². The largest absolute Gasteiger partial charge is 0.412 e. The minimum Gasteiger partial charge on any atom is -0.412 e. The summed E-state index contributed by atoms with van der Waals surface area (Å²) in [6.07, 6.45) is 3.53. The maximum absolute atomic E-state index is 12.0. The molecule has 2 fully saturated rings. The molecule has 4 N–H and O–H groups in total. The number of piperidine rings is 1. The predicted octanol–water partition coefficient (Wildman–Crippen LogP) is 1.45. The van der Waals surface area contributed by atoms with Crippen molar-refractivity contribution in [3.8, 4) is 0 Å². The number of primary amides is 1. The molecule has 0 radical (unpaired) electrons. The Hall–Kier alpha value is -1.10. The average molecular weight is 297 g/mol. The van der Waals surface area contributed by atoms with Gasteiger partial charge in [0.2, 0.25) is 5.91 Å². The van der Waals surface area contributed by atoms with Crippen LogP contribution in [0.5, 0.6) is 0 Å². The van der Waals surface area contributed by atoms with Gasteiger partial charge in [0.05, 0.1) is 0 Å². The first-order valence-electron chi connectivity index (χ1n) is 6.86. The number of hydrogen-bond donors (Lipinski definition) is 1. The highest BCUT2D eigenvalue weighted by atomic mass is 35.5. The van der Waals surface area contributed by atoms with E-state index in [1.807, 2.05) is 18.2 Å². The molecule has 1 aromatic rings. The van der Waals surface area contributed by atoms with Crippen LogP contribution in [0.25, 0.3) is 0 Å². The van der Waals surface area contributed by atoms with E-state index in [0.717, 1.165) is 25.8 Å². The van der Waals surface area contributed by atoms with Gasteiger partial charge in [0.25, 0.3) is 0 Å². The summed E-state index contributed by atoms with van der Waals surface area (Å²) in [4.78, 5) is 14.3. The number of alkyl halides is 1. The molecule has 110 valence electrons. The smallest absolute Gasteiger partial charge is 0.238 e. The summed E-state index contributed by atoms with van der Waals surface area (Å²) in [5, 5.41) is 0.0759. The fraction of sp³-hybridized carbons (Fsp3) is 0.533. The minimum atomic E-state index is -0.523. The van der Waals surface area contributed by atoms with Crippen LogP contribution in [0.1, 0.15) is 31.2 Å². The predicted molar refractivity (Wildman–Crippen MR) is 79.4 cm³/mol. The molecule has 5 heteroatoms. The molecule has 0 spiro atoms. The highest BCUT2D eigenvalue weighted by Crippen LogP contribution is 2.46. The standard InChI is InChI=1S/C15H19ClN2O.H2O/c16-12-8-13-6-7-15(9-12,14(17)19)18(13)10-11-4-2-1-3-5-11;/h1-5,12-13H,6-10H2,(H2,17,19);1H2. The van der Waals surface area contributed by atoms with Crippen LogP contribution in [0.3, 0.4) is 0 Å². The van der Waals surface area contributed by atoms with Crippen molar-refractivity contribution in [2.45, 2.75) is 49.2 Å². The van der Waals surface area contributed by atoms with E-state index in [9.17, 15) is 4.79 Å². The van der Waals surface area contributed by atoms with E-state index in [0.29, 0.717) is 12.5 Å². The number of amides is 1. The highest BCUT2D eigenvalue weighted by Gasteiger charge is 2.54. The zero-order chi connectivity index (χ0) is 13.5. The Balaban J connectivity index is 0.00000147. The van der Waals surface area contributed by atoms with E-state index in [-0.39, 0.29) is 16.8 Å². The second-order valence-corrected chi connectivity index (χ2v) is 6.36. The lowest BCUT2D eigenvalue weighted by Crippen LogP contribution is -2.59. The molecule has 2 aliphatic heterocycles. The Bertz CT molecular complexity index is 482. The van der Waals surface area contributed by atoms with Crippen molar-refractivity contribution < 1.29 is 10.3 Å². The fourth-order valence-corrected chi connectivity index (χ4v) is 4.15. The minimum absolute atomic E-state index is 0. The Labute approximate surface area is 124 Å². The molecular weight excluding hydrogens is 276 g/mol. The van der Waals surface area contributed by atoms with Crippen LogP contribution in [-0.4, -0.2) is 33.2 Å². The average Bonchev–Trinajstić information content (AvgIpc) is 2.61. The van der Waals surface area contributed by atoms with Gasteiger partial charge in [-0.25, -0.2) is 0 Å². The summed E-state index contributed by atoms with van der Waals surface area (Å²) in [5.41, 5.74) is 6.41. The van der Waals surface area contributed by atoms with Crippen LogP contribution in [-0.2, 0) is 11.3 Å². The summed E-state index contributed by atoms with van der Waals surface area (Å²) in [6, 6.07) is 10.7. The molecule has 0 aromatic heterocycles. The van der Waals surface area contributed by atoms with Gasteiger partial charge >= 0.3 is 0 Å². The molecule has 2 heterocycles. The van der Waals surface area contributed by atoms with Gasteiger partial charge in [0, 0.05) is 18.0 Å². The lowest BCUT2D eigenvalue weighted by molar-refractivity contribution is -0.132. The second kappa shape index (κ2) is 5.72. The normalized spacial score (nSPS) is 32.6. The maximum atomic E-state index is 12.0. The van der Waals surface area contributed by atoms with E-state index in [1.165, 1.54) is 5.56 Å². The summed E-state index contributed by atoms with van der Waals surface area (Å²) in [6.45, 7) is 0.790. The van der Waals surface area contributed by atoms with E-state index < -0.39 is 5.54 Å². The molecule has 3 unspecified atom stereocenters.